The van der Waals surface area contributed by atoms with Crippen LogP contribution in [0.3, 0.4) is 0 Å². The first-order chi connectivity index (χ1) is 30.5. The number of phenols is 6. The SMILES string of the molecule is CCCCCC1CCC(=O)N1CCN=Cc1c(O)c(O)c(C(C)C)c2cc(C)c(-c3c(C)cc4c(C(C)C)c(O)c(O)c(C=NCCN5C(=O)CCC5CCCCC)c4c3O)c(O)c12. The number of aliphatic imine (C=N–C) groups is 2. The third-order valence-electron chi connectivity index (χ3n) is 13.6. The van der Waals surface area contributed by atoms with Gasteiger partial charge in [0.15, 0.2) is 23.0 Å². The molecule has 0 aliphatic carbocycles. The van der Waals surface area contributed by atoms with Crippen molar-refractivity contribution in [2.75, 3.05) is 26.2 Å². The largest absolute Gasteiger partial charge is 0.507 e. The standard InChI is InChI=1S/C52H70N4O8/c1-9-11-13-15-33-17-19-39(57)55(33)23-21-53-27-37-45-35(41(29(3)4)51(63)47(37)59)25-31(7)43(49(45)61)44-32(8)26-36-42(30(5)6)52(64)48(60)38(46(36)50(44)62)28-54-22-24-56-34(16-14-12-10-2)18-20-40(56)58/h25-30,33-34,59-64H,9-24H2,1-8H3. The van der Waals surface area contributed by atoms with Crippen molar-refractivity contribution in [3.63, 3.8) is 0 Å². The second-order valence-electron chi connectivity index (χ2n) is 18.7. The lowest BCUT2D eigenvalue weighted by molar-refractivity contribution is -0.129. The molecule has 0 bridgehead atoms. The molecule has 2 atom stereocenters. The van der Waals surface area contributed by atoms with Gasteiger partial charge >= 0.3 is 0 Å². The van der Waals surface area contributed by atoms with E-state index in [2.05, 4.69) is 23.8 Å². The Kier molecular flexibility index (Phi) is 15.4. The molecule has 0 aromatic heterocycles. The maximum Gasteiger partial charge on any atom is 0.222 e. The predicted molar refractivity (Wildman–Crippen MR) is 257 cm³/mol. The van der Waals surface area contributed by atoms with Gasteiger partial charge in [-0.3, -0.25) is 19.6 Å². The quantitative estimate of drug-likeness (QED) is 0.0305. The fraction of sp³-hybridized carbons (Fsp3) is 0.538. The monoisotopic (exact) mass is 879 g/mol. The number of hydrogen-bond donors (Lipinski definition) is 6. The predicted octanol–water partition coefficient (Wildman–Crippen LogP) is 10.7. The molecule has 4 aromatic rings. The first-order valence-corrected chi connectivity index (χ1v) is 23.6. The number of hydrogen-bond acceptors (Lipinski definition) is 10. The summed E-state index contributed by atoms with van der Waals surface area (Å²) in [6, 6.07) is 4.00. The topological polar surface area (TPSA) is 187 Å². The zero-order valence-corrected chi connectivity index (χ0v) is 39.2. The van der Waals surface area contributed by atoms with E-state index in [1.807, 2.05) is 49.6 Å². The highest BCUT2D eigenvalue weighted by molar-refractivity contribution is 6.15. The van der Waals surface area contributed by atoms with E-state index in [9.17, 15) is 40.2 Å². The molecule has 6 rings (SSSR count). The number of fused-ring (bicyclic) bond motifs is 2. The highest BCUT2D eigenvalue weighted by Gasteiger charge is 2.32. The average molecular weight is 879 g/mol. The van der Waals surface area contributed by atoms with E-state index < -0.39 is 11.5 Å². The summed E-state index contributed by atoms with van der Waals surface area (Å²) in [7, 11) is 0. The van der Waals surface area contributed by atoms with Crippen LogP contribution in [0.2, 0.25) is 0 Å². The minimum absolute atomic E-state index is 0.0994. The second kappa shape index (κ2) is 20.5. The Hall–Kier alpha value is -5.52. The number of aromatic hydroxyl groups is 6. The molecule has 6 N–H and O–H groups in total. The molecule has 0 spiro atoms. The lowest BCUT2D eigenvalue weighted by atomic mass is 9.83. The van der Waals surface area contributed by atoms with Crippen molar-refractivity contribution < 1.29 is 40.2 Å². The normalized spacial score (nSPS) is 17.2. The van der Waals surface area contributed by atoms with Crippen LogP contribution in [0.5, 0.6) is 34.5 Å². The summed E-state index contributed by atoms with van der Waals surface area (Å²) in [5.41, 5.74) is 2.78. The van der Waals surface area contributed by atoms with Gasteiger partial charge in [0.05, 0.1) is 13.1 Å². The molecule has 12 nitrogen and oxygen atoms in total. The van der Waals surface area contributed by atoms with E-state index in [0.29, 0.717) is 59.0 Å². The molecule has 0 radical (unpaired) electrons. The third kappa shape index (κ3) is 9.33. The van der Waals surface area contributed by atoms with Gasteiger partial charge in [-0.15, -0.1) is 0 Å². The number of carbonyl (C=O) groups is 2. The molecule has 2 fully saturated rings. The first kappa shape index (κ1) is 47.9. The molecule has 64 heavy (non-hydrogen) atoms. The lowest BCUT2D eigenvalue weighted by Gasteiger charge is -2.24. The molecule has 4 aromatic carbocycles. The summed E-state index contributed by atoms with van der Waals surface area (Å²) in [5, 5.41) is 72.7. The second-order valence-corrected chi connectivity index (χ2v) is 18.7. The van der Waals surface area contributed by atoms with Gasteiger partial charge in [-0.1, -0.05) is 92.2 Å². The van der Waals surface area contributed by atoms with E-state index in [-0.39, 0.29) is 105 Å². The number of aryl methyl sites for hydroxylation is 2. The molecule has 2 heterocycles. The van der Waals surface area contributed by atoms with Crippen LogP contribution in [0.25, 0.3) is 32.7 Å². The van der Waals surface area contributed by atoms with Gasteiger partial charge in [0.25, 0.3) is 0 Å². The number of phenolic OH excluding ortho intramolecular Hbond substituents is 6. The Balaban J connectivity index is 1.46. The average Bonchev–Trinajstić information content (AvgIpc) is 3.78. The van der Waals surface area contributed by atoms with Crippen LogP contribution in [0.15, 0.2) is 22.1 Å². The number of carbonyl (C=O) groups excluding carboxylic acids is 2. The van der Waals surface area contributed by atoms with Crippen molar-refractivity contribution in [1.82, 2.24) is 9.80 Å². The van der Waals surface area contributed by atoms with Crippen molar-refractivity contribution in [3.8, 4) is 45.6 Å². The maximum atomic E-state index is 12.8. The van der Waals surface area contributed by atoms with Crippen LogP contribution in [-0.2, 0) is 9.59 Å². The number of amides is 2. The minimum atomic E-state index is -0.442. The Morgan fingerprint density at radius 1 is 0.594 bits per heavy atom. The van der Waals surface area contributed by atoms with Gasteiger partial charge in [-0.05, 0) is 73.3 Å². The van der Waals surface area contributed by atoms with Crippen molar-refractivity contribution in [2.45, 2.75) is 156 Å². The molecular weight excluding hydrogens is 809 g/mol. The van der Waals surface area contributed by atoms with Crippen LogP contribution in [0.1, 0.15) is 164 Å². The fourth-order valence-electron chi connectivity index (χ4n) is 10.3. The summed E-state index contributed by atoms with van der Waals surface area (Å²) in [4.78, 5) is 38.7. The van der Waals surface area contributed by atoms with E-state index in [0.717, 1.165) is 64.2 Å². The Morgan fingerprint density at radius 2 is 0.969 bits per heavy atom. The smallest absolute Gasteiger partial charge is 0.222 e. The van der Waals surface area contributed by atoms with E-state index in [1.54, 1.807) is 13.8 Å². The van der Waals surface area contributed by atoms with Gasteiger partial charge < -0.3 is 40.4 Å². The van der Waals surface area contributed by atoms with Crippen molar-refractivity contribution in [2.24, 2.45) is 9.98 Å². The van der Waals surface area contributed by atoms with Gasteiger partial charge in [-0.25, -0.2) is 0 Å². The van der Waals surface area contributed by atoms with Gasteiger partial charge in [0.2, 0.25) is 11.8 Å². The number of unbranched alkanes of at least 4 members (excludes halogenated alkanes) is 4. The highest BCUT2D eigenvalue weighted by atomic mass is 16.3. The molecule has 2 aliphatic heterocycles. The van der Waals surface area contributed by atoms with E-state index in [1.165, 1.54) is 12.4 Å². The van der Waals surface area contributed by atoms with Crippen molar-refractivity contribution in [1.29, 1.82) is 0 Å². The molecule has 0 saturated carbocycles. The van der Waals surface area contributed by atoms with Gasteiger partial charge in [0.1, 0.15) is 11.5 Å². The van der Waals surface area contributed by atoms with Gasteiger partial charge in [0, 0.05) is 94.6 Å². The Bertz CT molecular complexity index is 2290. The third-order valence-corrected chi connectivity index (χ3v) is 13.6. The Morgan fingerprint density at radius 3 is 1.31 bits per heavy atom. The maximum absolute atomic E-state index is 12.8. The van der Waals surface area contributed by atoms with Crippen LogP contribution in [0, 0.1) is 13.8 Å². The summed E-state index contributed by atoms with van der Waals surface area (Å²) in [6.07, 6.45) is 14.0. The molecule has 2 amide bonds. The summed E-state index contributed by atoms with van der Waals surface area (Å²) in [5.74, 6) is -2.30. The number of nitrogens with zero attached hydrogens (tertiary/aromatic N) is 4. The zero-order chi connectivity index (χ0) is 46.6. The summed E-state index contributed by atoms with van der Waals surface area (Å²) < 4.78 is 0. The molecule has 2 saturated heterocycles. The molecule has 12 heteroatoms. The zero-order valence-electron chi connectivity index (χ0n) is 39.2. The lowest BCUT2D eigenvalue weighted by Crippen LogP contribution is -2.35. The van der Waals surface area contributed by atoms with Crippen LogP contribution in [0.4, 0.5) is 0 Å². The fourth-order valence-corrected chi connectivity index (χ4v) is 10.3. The van der Waals surface area contributed by atoms with E-state index >= 15 is 0 Å². The van der Waals surface area contributed by atoms with E-state index in [4.69, 9.17) is 0 Å². The molecule has 346 valence electrons. The Labute approximate surface area is 378 Å². The van der Waals surface area contributed by atoms with Crippen molar-refractivity contribution >= 4 is 45.8 Å². The van der Waals surface area contributed by atoms with Crippen molar-refractivity contribution in [3.05, 3.63) is 45.5 Å². The van der Waals surface area contributed by atoms with Crippen LogP contribution < -0.4 is 0 Å². The number of likely N-dealkylation sites (tertiary alicyclic amines) is 2. The highest BCUT2D eigenvalue weighted by Crippen LogP contribution is 2.54. The minimum Gasteiger partial charge on any atom is -0.507 e. The van der Waals surface area contributed by atoms with Gasteiger partial charge in [-0.2, -0.15) is 0 Å². The number of rotatable bonds is 19. The molecular formula is C52H70N4O8. The summed E-state index contributed by atoms with van der Waals surface area (Å²) >= 11 is 0. The summed E-state index contributed by atoms with van der Waals surface area (Å²) in [6.45, 7) is 16.8. The number of benzene rings is 4. The molecule has 2 unspecified atom stereocenters. The van der Waals surface area contributed by atoms with Crippen LogP contribution in [-0.4, -0.2) is 103 Å². The first-order valence-electron chi connectivity index (χ1n) is 23.6. The van der Waals surface area contributed by atoms with Crippen LogP contribution >= 0.6 is 0 Å². The molecule has 2 aliphatic rings.